The highest BCUT2D eigenvalue weighted by Crippen LogP contribution is 2.30. The molecule has 2 rings (SSSR count). The van der Waals surface area contributed by atoms with Gasteiger partial charge in [0, 0.05) is 6.08 Å². The number of carbonyl (C=O) groups excluding carboxylic acids is 1. The number of hydrogen-bond donors (Lipinski definition) is 0. The Kier molecular flexibility index (Phi) is 6.22. The third-order valence-electron chi connectivity index (χ3n) is 3.50. The van der Waals surface area contributed by atoms with Gasteiger partial charge in [0.15, 0.2) is 11.5 Å². The van der Waals surface area contributed by atoms with Crippen LogP contribution in [0.2, 0.25) is 0 Å². The molecule has 0 N–H and O–H groups in total. The highest BCUT2D eigenvalue weighted by molar-refractivity contribution is 5.87. The highest BCUT2D eigenvalue weighted by atomic mass is 16.5. The minimum absolute atomic E-state index is 0.146. The number of methoxy groups -OCH3 is 1. The van der Waals surface area contributed by atoms with Gasteiger partial charge in [-0.25, -0.2) is 4.79 Å². The molecule has 0 atom stereocenters. The third-order valence-corrected chi connectivity index (χ3v) is 3.50. The molecule has 0 bridgehead atoms. The van der Waals surface area contributed by atoms with E-state index in [1.165, 1.54) is 6.08 Å². The van der Waals surface area contributed by atoms with Crippen molar-refractivity contribution in [2.45, 2.75) is 40.4 Å². The fourth-order valence-corrected chi connectivity index (χ4v) is 2.20. The van der Waals surface area contributed by atoms with Gasteiger partial charge in [-0.3, -0.25) is 0 Å². The van der Waals surface area contributed by atoms with Crippen molar-refractivity contribution in [2.24, 2.45) is 0 Å². The molecular formula is C19H23NO5. The van der Waals surface area contributed by atoms with Crippen molar-refractivity contribution in [3.8, 4) is 11.5 Å². The second kappa shape index (κ2) is 8.37. The molecule has 6 nitrogen and oxygen atoms in total. The van der Waals surface area contributed by atoms with Crippen molar-refractivity contribution >= 4 is 12.0 Å². The maximum atomic E-state index is 11.6. The topological polar surface area (TPSA) is 70.8 Å². The Labute approximate surface area is 147 Å². The molecule has 0 unspecified atom stereocenters. The number of carbonyl (C=O) groups is 1. The Morgan fingerprint density at radius 1 is 1.28 bits per heavy atom. The highest BCUT2D eigenvalue weighted by Gasteiger charge is 2.12. The Morgan fingerprint density at radius 3 is 2.64 bits per heavy atom. The first-order valence-electron chi connectivity index (χ1n) is 8.02. The fraction of sp³-hybridized carbons (Fsp3) is 0.368. The summed E-state index contributed by atoms with van der Waals surface area (Å²) in [5, 5.41) is 3.91. The predicted molar refractivity (Wildman–Crippen MR) is 93.6 cm³/mol. The van der Waals surface area contributed by atoms with Gasteiger partial charge in [0.1, 0.15) is 12.4 Å². The Hall–Kier alpha value is -2.76. The molecule has 6 heteroatoms. The summed E-state index contributed by atoms with van der Waals surface area (Å²) in [4.78, 5) is 11.6. The second-order valence-corrected chi connectivity index (χ2v) is 5.82. The standard InChI is InChI=1S/C19H23NO5/c1-12(2)24-19(21)9-7-15-6-8-17(18(10-15)22-5)23-11-16-13(3)20-25-14(16)4/h6-10,12H,11H2,1-5H3/b9-7+. The van der Waals surface area contributed by atoms with Crippen LogP contribution in [0.25, 0.3) is 6.08 Å². The van der Waals surface area contributed by atoms with Gasteiger partial charge < -0.3 is 18.7 Å². The van der Waals surface area contributed by atoms with Crippen LogP contribution in [-0.2, 0) is 16.1 Å². The van der Waals surface area contributed by atoms with Gasteiger partial charge in [-0.05, 0) is 51.5 Å². The number of esters is 1. The van der Waals surface area contributed by atoms with Crippen LogP contribution in [0.3, 0.4) is 0 Å². The summed E-state index contributed by atoms with van der Waals surface area (Å²) in [5.41, 5.74) is 2.53. The summed E-state index contributed by atoms with van der Waals surface area (Å²) in [5.74, 6) is 1.53. The van der Waals surface area contributed by atoms with E-state index in [1.54, 1.807) is 39.2 Å². The lowest BCUT2D eigenvalue weighted by atomic mass is 10.2. The van der Waals surface area contributed by atoms with Crippen LogP contribution >= 0.6 is 0 Å². The molecule has 1 aromatic heterocycles. The smallest absolute Gasteiger partial charge is 0.331 e. The number of aromatic nitrogens is 1. The molecule has 0 aliphatic rings. The molecule has 0 aliphatic heterocycles. The van der Waals surface area contributed by atoms with Crippen molar-refractivity contribution in [1.29, 1.82) is 0 Å². The number of benzene rings is 1. The molecule has 0 fully saturated rings. The van der Waals surface area contributed by atoms with Crippen molar-refractivity contribution in [1.82, 2.24) is 5.16 Å². The van der Waals surface area contributed by atoms with Gasteiger partial charge >= 0.3 is 5.97 Å². The lowest BCUT2D eigenvalue weighted by Gasteiger charge is -2.11. The van der Waals surface area contributed by atoms with Crippen LogP contribution in [0.15, 0.2) is 28.8 Å². The first-order chi connectivity index (χ1) is 11.9. The Balaban J connectivity index is 2.08. The minimum Gasteiger partial charge on any atom is -0.493 e. The number of ether oxygens (including phenoxy) is 3. The van der Waals surface area contributed by atoms with E-state index in [0.29, 0.717) is 18.1 Å². The maximum absolute atomic E-state index is 11.6. The van der Waals surface area contributed by atoms with Crippen LogP contribution in [-0.4, -0.2) is 24.3 Å². The minimum atomic E-state index is -0.382. The average Bonchev–Trinajstić information content (AvgIpc) is 2.89. The second-order valence-electron chi connectivity index (χ2n) is 5.82. The van der Waals surface area contributed by atoms with E-state index in [2.05, 4.69) is 5.16 Å². The first-order valence-corrected chi connectivity index (χ1v) is 8.02. The Bertz CT molecular complexity index is 742. The summed E-state index contributed by atoms with van der Waals surface area (Å²) in [6.45, 7) is 7.67. The lowest BCUT2D eigenvalue weighted by Crippen LogP contribution is -2.08. The number of aryl methyl sites for hydroxylation is 2. The van der Waals surface area contributed by atoms with E-state index in [0.717, 1.165) is 22.6 Å². The van der Waals surface area contributed by atoms with E-state index in [1.807, 2.05) is 19.9 Å². The molecule has 25 heavy (non-hydrogen) atoms. The molecule has 0 saturated carbocycles. The van der Waals surface area contributed by atoms with Crippen molar-refractivity contribution in [3.05, 3.63) is 46.9 Å². The largest absolute Gasteiger partial charge is 0.493 e. The number of nitrogens with zero attached hydrogens (tertiary/aromatic N) is 1. The molecule has 2 aromatic rings. The van der Waals surface area contributed by atoms with Crippen LogP contribution in [0.4, 0.5) is 0 Å². The fourth-order valence-electron chi connectivity index (χ4n) is 2.20. The van der Waals surface area contributed by atoms with E-state index in [4.69, 9.17) is 18.7 Å². The maximum Gasteiger partial charge on any atom is 0.331 e. The zero-order valence-corrected chi connectivity index (χ0v) is 15.2. The number of rotatable bonds is 7. The molecular weight excluding hydrogens is 322 g/mol. The summed E-state index contributed by atoms with van der Waals surface area (Å²) < 4.78 is 21.4. The Morgan fingerprint density at radius 2 is 2.04 bits per heavy atom. The molecule has 0 saturated heterocycles. The van der Waals surface area contributed by atoms with E-state index in [9.17, 15) is 4.79 Å². The van der Waals surface area contributed by atoms with Crippen molar-refractivity contribution < 1.29 is 23.5 Å². The molecule has 1 heterocycles. The normalized spacial score (nSPS) is 11.1. The monoisotopic (exact) mass is 345 g/mol. The van der Waals surface area contributed by atoms with E-state index in [-0.39, 0.29) is 12.1 Å². The van der Waals surface area contributed by atoms with Crippen LogP contribution < -0.4 is 9.47 Å². The quantitative estimate of drug-likeness (QED) is 0.561. The van der Waals surface area contributed by atoms with Gasteiger partial charge in [-0.1, -0.05) is 11.2 Å². The molecule has 134 valence electrons. The molecule has 0 spiro atoms. The lowest BCUT2D eigenvalue weighted by molar-refractivity contribution is -0.141. The average molecular weight is 345 g/mol. The molecule has 0 radical (unpaired) electrons. The van der Waals surface area contributed by atoms with Crippen LogP contribution in [0.5, 0.6) is 11.5 Å². The summed E-state index contributed by atoms with van der Waals surface area (Å²) in [6.07, 6.45) is 2.91. The summed E-state index contributed by atoms with van der Waals surface area (Å²) in [6, 6.07) is 5.43. The molecule has 1 aromatic carbocycles. The van der Waals surface area contributed by atoms with Gasteiger partial charge in [0.05, 0.1) is 24.5 Å². The van der Waals surface area contributed by atoms with E-state index < -0.39 is 0 Å². The number of hydrogen-bond acceptors (Lipinski definition) is 6. The van der Waals surface area contributed by atoms with Crippen LogP contribution in [0.1, 0.15) is 36.4 Å². The molecule has 0 amide bonds. The van der Waals surface area contributed by atoms with Gasteiger partial charge in [0.25, 0.3) is 0 Å². The zero-order valence-electron chi connectivity index (χ0n) is 15.2. The van der Waals surface area contributed by atoms with Crippen molar-refractivity contribution in [3.63, 3.8) is 0 Å². The van der Waals surface area contributed by atoms with E-state index >= 15 is 0 Å². The first kappa shape index (κ1) is 18.6. The van der Waals surface area contributed by atoms with Crippen LogP contribution in [0, 0.1) is 13.8 Å². The molecule has 0 aliphatic carbocycles. The third kappa shape index (κ3) is 5.11. The van der Waals surface area contributed by atoms with Gasteiger partial charge in [-0.2, -0.15) is 0 Å². The SMILES string of the molecule is COc1cc(/C=C/C(=O)OC(C)C)ccc1OCc1c(C)noc1C. The summed E-state index contributed by atoms with van der Waals surface area (Å²) >= 11 is 0. The summed E-state index contributed by atoms with van der Waals surface area (Å²) in [7, 11) is 1.57. The van der Waals surface area contributed by atoms with Gasteiger partial charge in [0.2, 0.25) is 0 Å². The van der Waals surface area contributed by atoms with Crippen molar-refractivity contribution in [2.75, 3.05) is 7.11 Å². The zero-order chi connectivity index (χ0) is 18.4. The predicted octanol–water partition coefficient (Wildman–Crippen LogP) is 3.84. The van der Waals surface area contributed by atoms with Gasteiger partial charge in [-0.15, -0.1) is 0 Å².